The Morgan fingerprint density at radius 1 is 1.14 bits per heavy atom. The van der Waals surface area contributed by atoms with Crippen molar-refractivity contribution in [2.45, 2.75) is 45.8 Å². The highest BCUT2D eigenvalue weighted by atomic mass is 19.1. The lowest BCUT2D eigenvalue weighted by molar-refractivity contribution is 0.00578. The van der Waals surface area contributed by atoms with Crippen molar-refractivity contribution in [3.8, 4) is 0 Å². The molecule has 1 fully saturated rings. The molecule has 0 saturated carbocycles. The van der Waals surface area contributed by atoms with Crippen LogP contribution in [0.3, 0.4) is 0 Å². The van der Waals surface area contributed by atoms with Crippen LogP contribution in [0.4, 0.5) is 4.39 Å². The quantitative estimate of drug-likeness (QED) is 0.685. The zero-order chi connectivity index (χ0) is 16.3. The van der Waals surface area contributed by atoms with Crippen LogP contribution in [0.5, 0.6) is 0 Å². The SMILES string of the molecule is CC(=O)c1cc2cc(F)cc(B3OC(C)(C)C(C)(C)O3)c2[nH]1. The Morgan fingerprint density at radius 3 is 2.27 bits per heavy atom. The van der Waals surface area contributed by atoms with E-state index in [9.17, 15) is 9.18 Å². The molecule has 0 unspecified atom stereocenters. The number of benzene rings is 1. The average molecular weight is 303 g/mol. The van der Waals surface area contributed by atoms with E-state index in [2.05, 4.69) is 4.98 Å². The van der Waals surface area contributed by atoms with Gasteiger partial charge in [0.1, 0.15) is 5.82 Å². The number of carbonyl (C=O) groups excluding carboxylic acids is 1. The molecule has 1 N–H and O–H groups in total. The molecule has 1 aromatic carbocycles. The van der Waals surface area contributed by atoms with E-state index in [1.807, 2.05) is 27.7 Å². The van der Waals surface area contributed by atoms with Gasteiger partial charge in [0, 0.05) is 23.3 Å². The number of fused-ring (bicyclic) bond motifs is 1. The highest BCUT2D eigenvalue weighted by molar-refractivity contribution is 6.65. The van der Waals surface area contributed by atoms with Crippen molar-refractivity contribution >= 4 is 29.3 Å². The lowest BCUT2D eigenvalue weighted by atomic mass is 9.78. The summed E-state index contributed by atoms with van der Waals surface area (Å²) in [5.74, 6) is -0.484. The minimum Gasteiger partial charge on any atom is -0.399 e. The molecule has 1 aliphatic rings. The molecule has 0 radical (unpaired) electrons. The lowest BCUT2D eigenvalue weighted by Gasteiger charge is -2.32. The van der Waals surface area contributed by atoms with Gasteiger partial charge in [-0.1, -0.05) is 0 Å². The largest absolute Gasteiger partial charge is 0.497 e. The monoisotopic (exact) mass is 303 g/mol. The zero-order valence-electron chi connectivity index (χ0n) is 13.4. The number of aromatic nitrogens is 1. The molecule has 1 aromatic heterocycles. The Bertz CT molecular complexity index is 750. The molecule has 2 aromatic rings. The van der Waals surface area contributed by atoms with Crippen molar-refractivity contribution in [1.82, 2.24) is 4.98 Å². The molecule has 2 heterocycles. The predicted molar refractivity (Wildman–Crippen MR) is 84.0 cm³/mol. The number of halogens is 1. The average Bonchev–Trinajstić information content (AvgIpc) is 2.87. The van der Waals surface area contributed by atoms with Gasteiger partial charge < -0.3 is 14.3 Å². The van der Waals surface area contributed by atoms with Crippen LogP contribution in [0, 0.1) is 5.82 Å². The van der Waals surface area contributed by atoms with E-state index in [1.165, 1.54) is 19.1 Å². The smallest absolute Gasteiger partial charge is 0.399 e. The summed E-state index contributed by atoms with van der Waals surface area (Å²) in [4.78, 5) is 14.6. The van der Waals surface area contributed by atoms with Crippen molar-refractivity contribution in [1.29, 1.82) is 0 Å². The van der Waals surface area contributed by atoms with Gasteiger partial charge in [0.05, 0.1) is 16.9 Å². The van der Waals surface area contributed by atoms with Crippen molar-refractivity contribution < 1.29 is 18.5 Å². The summed E-state index contributed by atoms with van der Waals surface area (Å²) in [6, 6.07) is 4.44. The molecule has 1 aliphatic heterocycles. The third-order valence-electron chi connectivity index (χ3n) is 4.61. The maximum Gasteiger partial charge on any atom is 0.497 e. The van der Waals surface area contributed by atoms with Gasteiger partial charge >= 0.3 is 7.12 Å². The zero-order valence-corrected chi connectivity index (χ0v) is 13.4. The van der Waals surface area contributed by atoms with E-state index in [0.29, 0.717) is 22.1 Å². The number of carbonyl (C=O) groups is 1. The Morgan fingerprint density at radius 2 is 1.73 bits per heavy atom. The van der Waals surface area contributed by atoms with Crippen LogP contribution in [-0.4, -0.2) is 29.1 Å². The molecule has 0 aliphatic carbocycles. The molecular weight excluding hydrogens is 284 g/mol. The molecule has 6 heteroatoms. The maximum atomic E-state index is 13.9. The minimum absolute atomic E-state index is 0.100. The fourth-order valence-electron chi connectivity index (χ4n) is 2.58. The van der Waals surface area contributed by atoms with Gasteiger partial charge in [-0.2, -0.15) is 0 Å². The molecular formula is C16H19BFNO3. The van der Waals surface area contributed by atoms with Gasteiger partial charge in [-0.05, 0) is 45.9 Å². The van der Waals surface area contributed by atoms with Crippen LogP contribution >= 0.6 is 0 Å². The summed E-state index contributed by atoms with van der Waals surface area (Å²) in [5.41, 5.74) is 0.670. The number of nitrogens with one attached hydrogen (secondary N) is 1. The van der Waals surface area contributed by atoms with E-state index < -0.39 is 18.3 Å². The molecule has 4 nitrogen and oxygen atoms in total. The number of rotatable bonds is 2. The summed E-state index contributed by atoms with van der Waals surface area (Å²) in [6.07, 6.45) is 0. The second kappa shape index (κ2) is 4.67. The Hall–Kier alpha value is -1.66. The number of Topliss-reactive ketones (excluding diaryl/α,β-unsaturated/α-hetero) is 1. The van der Waals surface area contributed by atoms with Crippen LogP contribution in [0.15, 0.2) is 18.2 Å². The van der Waals surface area contributed by atoms with Gasteiger partial charge in [-0.25, -0.2) is 4.39 Å². The van der Waals surface area contributed by atoms with Gasteiger partial charge in [0.15, 0.2) is 5.78 Å². The Kier molecular flexibility index (Phi) is 3.24. The third-order valence-corrected chi connectivity index (χ3v) is 4.61. The molecule has 0 bridgehead atoms. The number of H-pyrrole nitrogens is 1. The van der Waals surface area contributed by atoms with Crippen molar-refractivity contribution in [2.75, 3.05) is 0 Å². The molecule has 22 heavy (non-hydrogen) atoms. The first-order valence-corrected chi connectivity index (χ1v) is 7.29. The first-order valence-electron chi connectivity index (χ1n) is 7.29. The molecule has 0 spiro atoms. The topological polar surface area (TPSA) is 51.3 Å². The van der Waals surface area contributed by atoms with E-state index >= 15 is 0 Å². The molecule has 116 valence electrons. The second-order valence-corrected chi connectivity index (χ2v) is 6.79. The molecule has 0 atom stereocenters. The van der Waals surface area contributed by atoms with Gasteiger partial charge in [0.2, 0.25) is 0 Å². The maximum absolute atomic E-state index is 13.9. The van der Waals surface area contributed by atoms with Crippen LogP contribution in [0.1, 0.15) is 45.1 Å². The summed E-state index contributed by atoms with van der Waals surface area (Å²) < 4.78 is 25.9. The van der Waals surface area contributed by atoms with Crippen LogP contribution in [0.25, 0.3) is 10.9 Å². The van der Waals surface area contributed by atoms with E-state index in [1.54, 1.807) is 6.07 Å². The summed E-state index contributed by atoms with van der Waals surface area (Å²) in [7, 11) is -0.679. The minimum atomic E-state index is -0.679. The highest BCUT2D eigenvalue weighted by Crippen LogP contribution is 2.37. The molecule has 1 saturated heterocycles. The van der Waals surface area contributed by atoms with E-state index in [4.69, 9.17) is 9.31 Å². The first kappa shape index (κ1) is 15.2. The standard InChI is InChI=1S/C16H19BFNO3/c1-9(20)13-7-10-6-11(18)8-12(14(10)19-13)17-21-15(2,3)16(4,5)22-17/h6-8,19H,1-5H3. The summed E-state index contributed by atoms with van der Waals surface area (Å²) in [5, 5.41) is 0.634. The number of hydrogen-bond acceptors (Lipinski definition) is 3. The fourth-order valence-corrected chi connectivity index (χ4v) is 2.58. The summed E-state index contributed by atoms with van der Waals surface area (Å²) in [6.45, 7) is 9.24. The third kappa shape index (κ3) is 2.27. The van der Waals surface area contributed by atoms with Crippen LogP contribution in [0.2, 0.25) is 0 Å². The van der Waals surface area contributed by atoms with Crippen LogP contribution < -0.4 is 5.46 Å². The predicted octanol–water partition coefficient (Wildman–Crippen LogP) is 2.81. The van der Waals surface area contributed by atoms with E-state index in [0.717, 1.165) is 0 Å². The van der Waals surface area contributed by atoms with Crippen molar-refractivity contribution in [3.05, 3.63) is 29.7 Å². The first-order chi connectivity index (χ1) is 10.1. The Balaban J connectivity index is 2.13. The van der Waals surface area contributed by atoms with Gasteiger partial charge in [-0.15, -0.1) is 0 Å². The summed E-state index contributed by atoms with van der Waals surface area (Å²) >= 11 is 0. The molecule has 0 amide bonds. The number of aromatic amines is 1. The fraction of sp³-hybridized carbons (Fsp3) is 0.438. The van der Waals surface area contributed by atoms with E-state index in [-0.39, 0.29) is 11.6 Å². The molecule has 3 rings (SSSR count). The lowest BCUT2D eigenvalue weighted by Crippen LogP contribution is -2.41. The number of hydrogen-bond donors (Lipinski definition) is 1. The van der Waals surface area contributed by atoms with Crippen molar-refractivity contribution in [3.63, 3.8) is 0 Å². The normalized spacial score (nSPS) is 19.8. The Labute approximate surface area is 129 Å². The highest BCUT2D eigenvalue weighted by Gasteiger charge is 2.52. The van der Waals surface area contributed by atoms with Crippen molar-refractivity contribution in [2.24, 2.45) is 0 Å². The van der Waals surface area contributed by atoms with Gasteiger partial charge in [-0.3, -0.25) is 4.79 Å². The van der Waals surface area contributed by atoms with Crippen LogP contribution in [-0.2, 0) is 9.31 Å². The second-order valence-electron chi connectivity index (χ2n) is 6.79. The number of ketones is 1. The van der Waals surface area contributed by atoms with Gasteiger partial charge in [0.25, 0.3) is 0 Å².